The number of hydrogen-bond acceptors (Lipinski definition) is 2. The van der Waals surface area contributed by atoms with Gasteiger partial charge in [-0.15, -0.1) is 0 Å². The van der Waals surface area contributed by atoms with Gasteiger partial charge in [-0.3, -0.25) is 4.79 Å². The van der Waals surface area contributed by atoms with Crippen LogP contribution in [0.25, 0.3) is 0 Å². The first kappa shape index (κ1) is 20.4. The average Bonchev–Trinajstić information content (AvgIpc) is 2.56. The highest BCUT2D eigenvalue weighted by atomic mass is 35.5. The predicted molar refractivity (Wildman–Crippen MR) is 96.0 cm³/mol. The van der Waals surface area contributed by atoms with Gasteiger partial charge >= 0.3 is 6.18 Å². The van der Waals surface area contributed by atoms with Crippen LogP contribution in [0.15, 0.2) is 36.4 Å². The molecule has 0 radical (unpaired) electrons. The molecule has 0 aliphatic heterocycles. The fraction of sp³-hybridized carbons (Fsp3) is 0.278. The number of carbonyl (C=O) groups excluding carboxylic acids is 1. The van der Waals surface area contributed by atoms with Crippen LogP contribution >= 0.6 is 23.2 Å². The molecular formula is C18H16Cl2F3NO2. The molecule has 2 aromatic rings. The standard InChI is InChI=1S/C18H16Cl2F3NO2/c1-3-16(26-12-5-7-14(19)10(2)8-12)17(25)24-11-4-6-15(20)13(9-11)18(21,22)23/h4-9,16H,3H2,1-2H3,(H,24,25)/t16-/m1/s1. The zero-order valence-corrected chi connectivity index (χ0v) is 15.5. The molecule has 2 rings (SSSR count). The van der Waals surface area contributed by atoms with Crippen LogP contribution in [0.5, 0.6) is 5.75 Å². The normalized spacial score (nSPS) is 12.6. The molecule has 0 bridgehead atoms. The minimum atomic E-state index is -4.61. The molecule has 0 saturated carbocycles. The van der Waals surface area contributed by atoms with Crippen LogP contribution in [0.1, 0.15) is 24.5 Å². The maximum absolute atomic E-state index is 12.9. The van der Waals surface area contributed by atoms with Crippen molar-refractivity contribution in [1.82, 2.24) is 0 Å². The first-order valence-corrected chi connectivity index (χ1v) is 8.47. The Kier molecular flexibility index (Phi) is 6.42. The van der Waals surface area contributed by atoms with Crippen molar-refractivity contribution in [1.29, 1.82) is 0 Å². The highest BCUT2D eigenvalue weighted by Crippen LogP contribution is 2.36. The van der Waals surface area contributed by atoms with Crippen molar-refractivity contribution in [3.8, 4) is 5.75 Å². The van der Waals surface area contributed by atoms with E-state index in [-0.39, 0.29) is 5.69 Å². The molecule has 1 amide bonds. The molecule has 1 N–H and O–H groups in total. The number of benzene rings is 2. The zero-order chi connectivity index (χ0) is 19.5. The van der Waals surface area contributed by atoms with Gasteiger partial charge in [-0.1, -0.05) is 30.1 Å². The molecule has 2 aromatic carbocycles. The third-order valence-electron chi connectivity index (χ3n) is 3.61. The summed E-state index contributed by atoms with van der Waals surface area (Å²) in [5, 5.41) is 2.56. The molecule has 0 saturated heterocycles. The Hall–Kier alpha value is -1.92. The molecule has 0 fully saturated rings. The van der Waals surface area contributed by atoms with Crippen LogP contribution in [0, 0.1) is 6.92 Å². The van der Waals surface area contributed by atoms with Crippen molar-refractivity contribution < 1.29 is 22.7 Å². The monoisotopic (exact) mass is 405 g/mol. The van der Waals surface area contributed by atoms with Gasteiger partial charge in [-0.25, -0.2) is 0 Å². The number of halogens is 5. The van der Waals surface area contributed by atoms with Crippen LogP contribution in [0.4, 0.5) is 18.9 Å². The van der Waals surface area contributed by atoms with Crippen molar-refractivity contribution in [2.75, 3.05) is 5.32 Å². The van der Waals surface area contributed by atoms with E-state index in [1.54, 1.807) is 32.0 Å². The Morgan fingerprint density at radius 3 is 2.38 bits per heavy atom. The van der Waals surface area contributed by atoms with Crippen LogP contribution in [0.2, 0.25) is 10.0 Å². The summed E-state index contributed by atoms with van der Waals surface area (Å²) in [6.07, 6.45) is -5.16. The lowest BCUT2D eigenvalue weighted by atomic mass is 10.1. The van der Waals surface area contributed by atoms with Gasteiger partial charge in [-0.05, 0) is 55.3 Å². The number of hydrogen-bond donors (Lipinski definition) is 1. The van der Waals surface area contributed by atoms with E-state index in [9.17, 15) is 18.0 Å². The molecule has 3 nitrogen and oxygen atoms in total. The highest BCUT2D eigenvalue weighted by Gasteiger charge is 2.33. The summed E-state index contributed by atoms with van der Waals surface area (Å²) in [7, 11) is 0. The van der Waals surface area contributed by atoms with E-state index in [0.29, 0.717) is 17.2 Å². The molecular weight excluding hydrogens is 390 g/mol. The first-order chi connectivity index (χ1) is 12.1. The smallest absolute Gasteiger partial charge is 0.417 e. The fourth-order valence-electron chi connectivity index (χ4n) is 2.22. The lowest BCUT2D eigenvalue weighted by molar-refractivity contribution is -0.137. The van der Waals surface area contributed by atoms with Gasteiger partial charge in [0, 0.05) is 10.7 Å². The Bertz CT molecular complexity index is 810. The minimum absolute atomic E-state index is 0.0129. The van der Waals surface area contributed by atoms with Crippen molar-refractivity contribution in [3.63, 3.8) is 0 Å². The highest BCUT2D eigenvalue weighted by molar-refractivity contribution is 6.31. The summed E-state index contributed by atoms with van der Waals surface area (Å²) in [6.45, 7) is 3.53. The zero-order valence-electron chi connectivity index (χ0n) is 14.0. The molecule has 0 aliphatic rings. The first-order valence-electron chi connectivity index (χ1n) is 7.72. The number of aryl methyl sites for hydroxylation is 1. The van der Waals surface area contributed by atoms with Crippen LogP contribution < -0.4 is 10.1 Å². The minimum Gasteiger partial charge on any atom is -0.481 e. The van der Waals surface area contributed by atoms with Gasteiger partial charge in [0.05, 0.1) is 10.6 Å². The maximum Gasteiger partial charge on any atom is 0.417 e. The summed E-state index contributed by atoms with van der Waals surface area (Å²) in [5.41, 5.74) is -0.243. The van der Waals surface area contributed by atoms with E-state index in [1.807, 2.05) is 0 Å². The van der Waals surface area contributed by atoms with Crippen LogP contribution in [0.3, 0.4) is 0 Å². The largest absolute Gasteiger partial charge is 0.481 e. The van der Waals surface area contributed by atoms with Crippen LogP contribution in [-0.2, 0) is 11.0 Å². The van der Waals surface area contributed by atoms with E-state index in [2.05, 4.69) is 5.32 Å². The molecule has 0 spiro atoms. The van der Waals surface area contributed by atoms with Crippen molar-refractivity contribution in [3.05, 3.63) is 57.6 Å². The number of rotatable bonds is 5. The molecule has 0 aromatic heterocycles. The van der Waals surface area contributed by atoms with Gasteiger partial charge in [-0.2, -0.15) is 13.2 Å². The molecule has 1 atom stereocenters. The Balaban J connectivity index is 2.15. The summed E-state index contributed by atoms with van der Waals surface area (Å²) < 4.78 is 44.4. The van der Waals surface area contributed by atoms with E-state index in [1.165, 1.54) is 6.07 Å². The molecule has 0 aliphatic carbocycles. The third-order valence-corrected chi connectivity index (χ3v) is 4.36. The Morgan fingerprint density at radius 2 is 1.81 bits per heavy atom. The Labute approximate surface area is 159 Å². The number of nitrogens with one attached hydrogen (secondary N) is 1. The third kappa shape index (κ3) is 5.05. The van der Waals surface area contributed by atoms with Gasteiger partial charge in [0.15, 0.2) is 6.10 Å². The predicted octanol–water partition coefficient (Wildman–Crippen LogP) is 6.12. The second-order valence-electron chi connectivity index (χ2n) is 5.61. The van der Waals surface area contributed by atoms with Crippen molar-refractivity contribution in [2.45, 2.75) is 32.5 Å². The van der Waals surface area contributed by atoms with Gasteiger partial charge in [0.1, 0.15) is 5.75 Å². The summed E-state index contributed by atoms with van der Waals surface area (Å²) in [4.78, 5) is 12.4. The second kappa shape index (κ2) is 8.18. The number of carbonyl (C=O) groups is 1. The lowest BCUT2D eigenvalue weighted by Gasteiger charge is -2.18. The van der Waals surface area contributed by atoms with E-state index in [4.69, 9.17) is 27.9 Å². The average molecular weight is 406 g/mol. The number of alkyl halides is 3. The number of anilines is 1. The molecule has 0 heterocycles. The van der Waals surface area contributed by atoms with Gasteiger partial charge < -0.3 is 10.1 Å². The van der Waals surface area contributed by atoms with Gasteiger partial charge in [0.25, 0.3) is 5.91 Å². The van der Waals surface area contributed by atoms with E-state index < -0.39 is 28.8 Å². The number of ether oxygens (including phenoxy) is 1. The molecule has 140 valence electrons. The quantitative estimate of drug-likeness (QED) is 0.650. The van der Waals surface area contributed by atoms with Gasteiger partial charge in [0.2, 0.25) is 0 Å². The summed E-state index contributed by atoms with van der Waals surface area (Å²) in [6, 6.07) is 8.13. The lowest BCUT2D eigenvalue weighted by Crippen LogP contribution is -2.32. The molecule has 26 heavy (non-hydrogen) atoms. The number of amides is 1. The fourth-order valence-corrected chi connectivity index (χ4v) is 2.56. The van der Waals surface area contributed by atoms with Crippen molar-refractivity contribution in [2.24, 2.45) is 0 Å². The Morgan fingerprint density at radius 1 is 1.15 bits per heavy atom. The maximum atomic E-state index is 12.9. The van der Waals surface area contributed by atoms with E-state index in [0.717, 1.165) is 17.7 Å². The topological polar surface area (TPSA) is 38.3 Å². The summed E-state index contributed by atoms with van der Waals surface area (Å²) >= 11 is 11.5. The SMILES string of the molecule is CC[C@@H](Oc1ccc(Cl)c(C)c1)C(=O)Nc1ccc(Cl)c(C(F)(F)F)c1. The molecule has 0 unspecified atom stereocenters. The van der Waals surface area contributed by atoms with Crippen molar-refractivity contribution >= 4 is 34.8 Å². The second-order valence-corrected chi connectivity index (χ2v) is 6.42. The summed E-state index contributed by atoms with van der Waals surface area (Å²) in [5.74, 6) is -0.114. The van der Waals surface area contributed by atoms with Crippen LogP contribution in [-0.4, -0.2) is 12.0 Å². The van der Waals surface area contributed by atoms with E-state index >= 15 is 0 Å². The molecule has 8 heteroatoms.